The van der Waals surface area contributed by atoms with Crippen molar-refractivity contribution in [2.45, 2.75) is 33.1 Å². The van der Waals surface area contributed by atoms with Gasteiger partial charge in [0, 0.05) is 0 Å². The summed E-state index contributed by atoms with van der Waals surface area (Å²) in [5.74, 6) is 2.52. The van der Waals surface area contributed by atoms with Crippen LogP contribution in [0.4, 0.5) is 0 Å². The minimum atomic E-state index is -1.60. The van der Waals surface area contributed by atoms with Gasteiger partial charge in [-0.05, 0) is 42.4 Å². The maximum absolute atomic E-state index is 10.8. The third kappa shape index (κ3) is 1.46. The van der Waals surface area contributed by atoms with Gasteiger partial charge in [0.25, 0.3) is 0 Å². The van der Waals surface area contributed by atoms with Gasteiger partial charge >= 0.3 is 0 Å². The van der Waals surface area contributed by atoms with Crippen molar-refractivity contribution in [1.29, 1.82) is 0 Å². The lowest BCUT2D eigenvalue weighted by molar-refractivity contribution is 0.139. The molecule has 2 rings (SSSR count). The molecule has 2 unspecified atom stereocenters. The Hall–Kier alpha value is 0.110. The molecule has 0 aromatic carbocycles. The molecule has 0 aromatic heterocycles. The number of hydrogen-bond donors (Lipinski definition) is 1. The van der Waals surface area contributed by atoms with Crippen LogP contribution in [0, 0.1) is 23.2 Å². The Bertz CT molecular complexity index is 237. The van der Waals surface area contributed by atoms with E-state index in [0.717, 1.165) is 11.8 Å². The Morgan fingerprint density at radius 2 is 2.15 bits per heavy atom. The minimum absolute atomic E-state index is 0.307. The van der Waals surface area contributed by atoms with Gasteiger partial charge in [0.05, 0.1) is 5.75 Å². The van der Waals surface area contributed by atoms with Gasteiger partial charge < -0.3 is 4.55 Å². The Morgan fingerprint density at radius 1 is 1.46 bits per heavy atom. The first-order chi connectivity index (χ1) is 6.01. The van der Waals surface area contributed by atoms with E-state index in [0.29, 0.717) is 17.1 Å². The molecule has 0 aromatic rings. The molecule has 0 saturated heterocycles. The van der Waals surface area contributed by atoms with E-state index in [1.807, 2.05) is 0 Å². The molecular weight excluding hydrogens is 184 g/mol. The van der Waals surface area contributed by atoms with Crippen molar-refractivity contribution >= 4 is 11.1 Å². The number of rotatable bonds is 2. The van der Waals surface area contributed by atoms with Crippen molar-refractivity contribution in [3.8, 4) is 0 Å². The maximum Gasteiger partial charge on any atom is 0.153 e. The van der Waals surface area contributed by atoms with Crippen LogP contribution in [0.2, 0.25) is 0 Å². The van der Waals surface area contributed by atoms with E-state index in [-0.39, 0.29) is 0 Å². The molecule has 2 aliphatic rings. The van der Waals surface area contributed by atoms with Crippen molar-refractivity contribution in [3.05, 3.63) is 0 Å². The molecule has 76 valence electrons. The predicted octanol–water partition coefficient (Wildman–Crippen LogP) is 2.28. The molecule has 2 nitrogen and oxygen atoms in total. The molecule has 0 spiro atoms. The summed E-state index contributed by atoms with van der Waals surface area (Å²) >= 11 is -1.60. The van der Waals surface area contributed by atoms with Crippen LogP contribution >= 0.6 is 0 Å². The van der Waals surface area contributed by atoms with Crippen LogP contribution in [0.1, 0.15) is 33.1 Å². The molecule has 0 radical (unpaired) electrons. The minimum Gasteiger partial charge on any atom is -0.306 e. The van der Waals surface area contributed by atoms with Crippen molar-refractivity contribution < 1.29 is 8.76 Å². The second kappa shape index (κ2) is 3.06. The van der Waals surface area contributed by atoms with E-state index in [4.69, 9.17) is 4.55 Å². The van der Waals surface area contributed by atoms with Crippen LogP contribution in [0.5, 0.6) is 0 Å². The van der Waals surface area contributed by atoms with Crippen molar-refractivity contribution in [3.63, 3.8) is 0 Å². The molecule has 1 N–H and O–H groups in total. The van der Waals surface area contributed by atoms with E-state index >= 15 is 0 Å². The Labute approximate surface area is 82.4 Å². The molecule has 0 aliphatic heterocycles. The van der Waals surface area contributed by atoms with Crippen LogP contribution in [0.3, 0.4) is 0 Å². The zero-order chi connectivity index (χ0) is 9.64. The van der Waals surface area contributed by atoms with Crippen LogP contribution in [-0.2, 0) is 11.1 Å². The highest BCUT2D eigenvalue weighted by Gasteiger charge is 2.52. The van der Waals surface area contributed by atoms with Gasteiger partial charge in [0.1, 0.15) is 0 Å². The first kappa shape index (κ1) is 9.66. The van der Waals surface area contributed by atoms with Crippen molar-refractivity contribution in [2.75, 3.05) is 5.75 Å². The third-order valence-electron chi connectivity index (χ3n) is 4.37. The second-order valence-corrected chi connectivity index (χ2v) is 6.16. The van der Waals surface area contributed by atoms with Gasteiger partial charge in [-0.2, -0.15) is 0 Å². The highest BCUT2D eigenvalue weighted by molar-refractivity contribution is 7.79. The van der Waals surface area contributed by atoms with Gasteiger partial charge in [-0.1, -0.05) is 13.8 Å². The average molecular weight is 202 g/mol. The molecule has 0 heterocycles. The SMILES string of the molecule is CC1(C)C(CS(=O)O)[C@@H]2CC[C@H]1C2. The topological polar surface area (TPSA) is 37.3 Å². The molecule has 2 aliphatic carbocycles. The van der Waals surface area contributed by atoms with Gasteiger partial charge in [0.15, 0.2) is 11.1 Å². The predicted molar refractivity (Wildman–Crippen MR) is 53.7 cm³/mol. The standard InChI is InChI=1S/C10H18O2S/c1-10(2)8-4-3-7(5-8)9(10)6-13(11)12/h7-9H,3-6H2,1-2H3,(H,11,12)/t7-,8+,9?/m1/s1. The van der Waals surface area contributed by atoms with E-state index in [1.165, 1.54) is 19.3 Å². The average Bonchev–Trinajstić information content (AvgIpc) is 2.53. The monoisotopic (exact) mass is 202 g/mol. The molecule has 13 heavy (non-hydrogen) atoms. The van der Waals surface area contributed by atoms with Gasteiger partial charge in [0.2, 0.25) is 0 Å². The van der Waals surface area contributed by atoms with Gasteiger partial charge in [-0.3, -0.25) is 0 Å². The Kier molecular flexibility index (Phi) is 2.27. The molecular formula is C10H18O2S. The second-order valence-electron chi connectivity index (χ2n) is 5.19. The van der Waals surface area contributed by atoms with E-state index < -0.39 is 11.1 Å². The van der Waals surface area contributed by atoms with Crippen LogP contribution in [0.15, 0.2) is 0 Å². The largest absolute Gasteiger partial charge is 0.306 e. The number of hydrogen-bond acceptors (Lipinski definition) is 1. The van der Waals surface area contributed by atoms with Crippen LogP contribution < -0.4 is 0 Å². The van der Waals surface area contributed by atoms with E-state index in [9.17, 15) is 4.21 Å². The van der Waals surface area contributed by atoms with Gasteiger partial charge in [-0.25, -0.2) is 4.21 Å². The zero-order valence-electron chi connectivity index (χ0n) is 8.32. The Balaban J connectivity index is 2.14. The maximum atomic E-state index is 10.8. The quantitative estimate of drug-likeness (QED) is 0.697. The normalized spacial score (nSPS) is 43.8. The highest BCUT2D eigenvalue weighted by Crippen LogP contribution is 2.59. The molecule has 2 saturated carbocycles. The van der Waals surface area contributed by atoms with E-state index in [1.54, 1.807) is 0 Å². The lowest BCUT2D eigenvalue weighted by atomic mass is 9.69. The third-order valence-corrected chi connectivity index (χ3v) is 5.02. The zero-order valence-corrected chi connectivity index (χ0v) is 9.14. The fraction of sp³-hybridized carbons (Fsp3) is 1.00. The molecule has 0 amide bonds. The first-order valence-corrected chi connectivity index (χ1v) is 6.37. The lowest BCUT2D eigenvalue weighted by Crippen LogP contribution is -2.34. The molecule has 2 bridgehead atoms. The summed E-state index contributed by atoms with van der Waals surface area (Å²) < 4.78 is 19.8. The fourth-order valence-electron chi connectivity index (χ4n) is 3.47. The summed E-state index contributed by atoms with van der Waals surface area (Å²) in [5, 5.41) is 0. The molecule has 4 atom stereocenters. The summed E-state index contributed by atoms with van der Waals surface area (Å²) in [6.07, 6.45) is 3.93. The molecule has 2 fully saturated rings. The summed E-state index contributed by atoms with van der Waals surface area (Å²) in [6, 6.07) is 0. The fourth-order valence-corrected chi connectivity index (χ4v) is 4.48. The summed E-state index contributed by atoms with van der Waals surface area (Å²) in [6.45, 7) is 4.54. The van der Waals surface area contributed by atoms with Crippen LogP contribution in [0.25, 0.3) is 0 Å². The van der Waals surface area contributed by atoms with Crippen molar-refractivity contribution in [2.24, 2.45) is 23.2 Å². The Morgan fingerprint density at radius 3 is 2.62 bits per heavy atom. The van der Waals surface area contributed by atoms with Crippen molar-refractivity contribution in [1.82, 2.24) is 0 Å². The first-order valence-electron chi connectivity index (χ1n) is 5.09. The smallest absolute Gasteiger partial charge is 0.153 e. The number of fused-ring (bicyclic) bond motifs is 2. The summed E-state index contributed by atoms with van der Waals surface area (Å²) in [7, 11) is 0. The highest BCUT2D eigenvalue weighted by atomic mass is 32.2. The van der Waals surface area contributed by atoms with Gasteiger partial charge in [-0.15, -0.1) is 0 Å². The lowest BCUT2D eigenvalue weighted by Gasteiger charge is -2.37. The molecule has 3 heteroatoms. The van der Waals surface area contributed by atoms with Crippen LogP contribution in [-0.4, -0.2) is 14.5 Å². The summed E-state index contributed by atoms with van der Waals surface area (Å²) in [4.78, 5) is 0. The summed E-state index contributed by atoms with van der Waals surface area (Å²) in [5.41, 5.74) is 0.307. The van der Waals surface area contributed by atoms with E-state index in [2.05, 4.69) is 13.8 Å².